The summed E-state index contributed by atoms with van der Waals surface area (Å²) in [5.41, 5.74) is 26.7. The second-order valence-corrected chi connectivity index (χ2v) is 20.3. The number of hydrogen-bond donors (Lipinski definition) is 6. The number of carbonyl (C=O) groups is 7. The fraction of sp³-hybridized carbons (Fsp3) is 0.717. The molecule has 0 aliphatic rings. The second-order valence-electron chi connectivity index (χ2n) is 20.3. The van der Waals surface area contributed by atoms with Gasteiger partial charge in [-0.2, -0.15) is 0 Å². The number of benzene rings is 1. The predicted molar refractivity (Wildman–Crippen MR) is 256 cm³/mol. The predicted octanol–water partition coefficient (Wildman–Crippen LogP) is 1.13. The Bertz CT molecular complexity index is 1870. The minimum absolute atomic E-state index is 0.0361. The smallest absolute Gasteiger partial charge is 0.423 e. The third kappa shape index (κ3) is 13.4. The first-order chi connectivity index (χ1) is 30.5. The highest BCUT2D eigenvalue weighted by Crippen LogP contribution is 2.53. The first-order valence-corrected chi connectivity index (χ1v) is 22.6. The first kappa shape index (κ1) is 60.1. The molecule has 0 spiro atoms. The minimum atomic E-state index is -3.24. The van der Waals surface area contributed by atoms with Gasteiger partial charge in [0, 0.05) is 40.7 Å². The van der Waals surface area contributed by atoms with Gasteiger partial charge in [0.1, 0.15) is 5.60 Å². The van der Waals surface area contributed by atoms with E-state index in [-0.39, 0.29) is 18.8 Å². The molecule has 0 saturated heterocycles. The average Bonchev–Trinajstić information content (AvgIpc) is 3.22. The highest BCUT2D eigenvalue weighted by atomic mass is 16.6. The molecule has 0 radical (unpaired) electrons. The van der Waals surface area contributed by atoms with Gasteiger partial charge in [0.25, 0.3) is 11.6 Å². The van der Waals surface area contributed by atoms with Gasteiger partial charge in [0.05, 0.1) is 30.2 Å². The van der Waals surface area contributed by atoms with E-state index in [0.29, 0.717) is 10.7 Å². The average molecular weight is 949 g/mol. The molecule has 0 aliphatic carbocycles. The van der Waals surface area contributed by atoms with Crippen LogP contribution in [-0.2, 0) is 44.7 Å². The number of hydrazine groups is 2. The maximum atomic E-state index is 16.6. The van der Waals surface area contributed by atoms with Gasteiger partial charge in [0.2, 0.25) is 23.6 Å². The van der Waals surface area contributed by atoms with Crippen LogP contribution in [0.2, 0.25) is 0 Å². The van der Waals surface area contributed by atoms with Gasteiger partial charge in [-0.05, 0) is 70.8 Å². The molecule has 1 aromatic rings. The van der Waals surface area contributed by atoms with Gasteiger partial charge in [-0.1, -0.05) is 90.8 Å². The minimum Gasteiger partial charge on any atom is -0.443 e. The van der Waals surface area contributed by atoms with Crippen LogP contribution in [0.4, 0.5) is 4.79 Å². The zero-order valence-electron chi connectivity index (χ0n) is 43.4. The van der Waals surface area contributed by atoms with Gasteiger partial charge in [-0.3, -0.25) is 29.0 Å². The molecule has 21 heteroatoms. The van der Waals surface area contributed by atoms with Crippen molar-refractivity contribution in [3.63, 3.8) is 0 Å². The molecule has 0 heterocycles. The van der Waals surface area contributed by atoms with Crippen LogP contribution in [0.3, 0.4) is 0 Å². The fourth-order valence-electron chi connectivity index (χ4n) is 8.37. The number of nitrogens with two attached hydrogens (primary N) is 5. The lowest BCUT2D eigenvalue weighted by atomic mass is 9.64. The summed E-state index contributed by atoms with van der Waals surface area (Å²) in [4.78, 5) is 110. The number of likely N-dealkylation sites (N-methyl/N-ethyl adjacent to an activating group) is 5. The lowest BCUT2D eigenvalue weighted by Crippen LogP contribution is -2.93. The van der Waals surface area contributed by atoms with Crippen molar-refractivity contribution in [3.8, 4) is 0 Å². The van der Waals surface area contributed by atoms with Gasteiger partial charge >= 0.3 is 12.1 Å². The Morgan fingerprint density at radius 1 is 0.627 bits per heavy atom. The number of ether oxygens (including phenoxy) is 2. The summed E-state index contributed by atoms with van der Waals surface area (Å²) in [5, 5.41) is 1.49. The summed E-state index contributed by atoms with van der Waals surface area (Å²) in [5.74, 6) is -7.16. The highest BCUT2D eigenvalue weighted by molar-refractivity contribution is 5.95. The Balaban J connectivity index is 5.50. The Labute approximate surface area is 398 Å². The largest absolute Gasteiger partial charge is 0.443 e. The molecule has 1 aromatic carbocycles. The Kier molecular flexibility index (Phi) is 21.4. The first-order valence-electron chi connectivity index (χ1n) is 22.6. The quantitative estimate of drug-likeness (QED) is 0.0540. The molecule has 67 heavy (non-hydrogen) atoms. The molecule has 0 saturated carbocycles. The lowest BCUT2D eigenvalue weighted by molar-refractivity contribution is -0.290. The number of nitrogens with zero attached hydrogens (tertiary/aromatic N) is 6. The van der Waals surface area contributed by atoms with Crippen molar-refractivity contribution in [1.82, 2.24) is 35.2 Å². The van der Waals surface area contributed by atoms with Crippen LogP contribution in [0.15, 0.2) is 30.3 Å². The van der Waals surface area contributed by atoms with Crippen molar-refractivity contribution in [2.24, 2.45) is 51.8 Å². The molecule has 21 nitrogen and oxygen atoms in total. The monoisotopic (exact) mass is 949 g/mol. The van der Waals surface area contributed by atoms with Crippen molar-refractivity contribution in [1.29, 1.82) is 0 Å². The van der Waals surface area contributed by atoms with E-state index < -0.39 is 113 Å². The van der Waals surface area contributed by atoms with Crippen molar-refractivity contribution in [2.45, 2.75) is 150 Å². The molecule has 0 aromatic heterocycles. The van der Waals surface area contributed by atoms with Crippen LogP contribution in [0.5, 0.6) is 0 Å². The number of esters is 1. The SMILES string of the molecule is CC(C)C[C@@H](N)C(=O)N(C)[C@@](C(=O)OCN(C)C(=O)[C@@H](C)N)(N(NC(=O)OC(C)(C)C)N(C)C(=O)[C@H](N)C(C)C)[C@](N(C)C(=O)C(C)N)(N(C)C(=O)[C@H](N)C(C)C)C(C)(C)Cc1ccccc1. The van der Waals surface area contributed by atoms with E-state index in [4.69, 9.17) is 38.1 Å². The van der Waals surface area contributed by atoms with E-state index in [2.05, 4.69) is 5.43 Å². The summed E-state index contributed by atoms with van der Waals surface area (Å²) in [7, 11) is 6.21. The van der Waals surface area contributed by atoms with E-state index in [9.17, 15) is 14.4 Å². The molecule has 382 valence electrons. The molecule has 0 bridgehead atoms. The van der Waals surface area contributed by atoms with Crippen LogP contribution >= 0.6 is 0 Å². The zero-order valence-corrected chi connectivity index (χ0v) is 43.4. The van der Waals surface area contributed by atoms with E-state index in [1.54, 1.807) is 92.6 Å². The van der Waals surface area contributed by atoms with Crippen LogP contribution in [0, 0.1) is 23.2 Å². The molecule has 11 N–H and O–H groups in total. The van der Waals surface area contributed by atoms with E-state index in [0.717, 1.165) is 24.6 Å². The van der Waals surface area contributed by atoms with Gasteiger partial charge in [-0.15, -0.1) is 0 Å². The Morgan fingerprint density at radius 2 is 1.09 bits per heavy atom. The molecular formula is C46H84N12O9. The van der Waals surface area contributed by atoms with Gasteiger partial charge in [-0.25, -0.2) is 15.0 Å². The molecule has 0 fully saturated rings. The summed E-state index contributed by atoms with van der Waals surface area (Å²) in [6, 6.07) is 2.32. The van der Waals surface area contributed by atoms with E-state index >= 15 is 19.2 Å². The molecule has 0 aliphatic heterocycles. The fourth-order valence-corrected chi connectivity index (χ4v) is 8.37. The van der Waals surface area contributed by atoms with Crippen molar-refractivity contribution in [3.05, 3.63) is 35.9 Å². The van der Waals surface area contributed by atoms with Crippen molar-refractivity contribution < 1.29 is 43.0 Å². The second kappa shape index (κ2) is 23.9. The van der Waals surface area contributed by atoms with Crippen LogP contribution in [0.1, 0.15) is 102 Å². The maximum Gasteiger partial charge on any atom is 0.423 e. The molecule has 1 rings (SSSR count). The molecule has 1 unspecified atom stereocenters. The van der Waals surface area contributed by atoms with Crippen LogP contribution in [0.25, 0.3) is 0 Å². The number of rotatable bonds is 22. The molecule has 6 amide bonds. The van der Waals surface area contributed by atoms with Crippen LogP contribution < -0.4 is 34.1 Å². The highest BCUT2D eigenvalue weighted by Gasteiger charge is 2.78. The standard InChI is InChI=1S/C46H84N12O9/c1-27(2)24-33(49)38(61)54(15)45(41(64)66-26-53(14)36(59)30(7)47,58(52-42(65)67-43(9,10)11)57(18)40(63)35(51)29(5)6)46(55(16)37(60)31(8)48,56(17)39(62)34(50)28(3)4)44(12,13)25-32-22-20-19-21-23-32/h19-23,27-31,33-35H,24-26,47-51H2,1-18H3,(H,52,65)/t30-,31?,33-,34-,35-,45+,46-/m1/s1. The van der Waals surface area contributed by atoms with Gasteiger partial charge < -0.3 is 57.7 Å². The normalized spacial score (nSPS) is 16.2. The number of amides is 6. The van der Waals surface area contributed by atoms with Gasteiger partial charge in [0.15, 0.2) is 12.4 Å². The molecular weight excluding hydrogens is 865 g/mol. The van der Waals surface area contributed by atoms with E-state index in [1.165, 1.54) is 49.1 Å². The number of nitrogens with one attached hydrogen (secondary N) is 1. The molecule has 7 atom stereocenters. The topological polar surface area (TPSA) is 300 Å². The summed E-state index contributed by atoms with van der Waals surface area (Å²) < 4.78 is 12.0. The Morgan fingerprint density at radius 3 is 1.52 bits per heavy atom. The number of carbonyl (C=O) groups excluding carboxylic acids is 7. The van der Waals surface area contributed by atoms with E-state index in [1.807, 2.05) is 13.8 Å². The maximum absolute atomic E-state index is 16.6. The summed E-state index contributed by atoms with van der Waals surface area (Å²) >= 11 is 0. The third-order valence-corrected chi connectivity index (χ3v) is 11.8. The zero-order chi connectivity index (χ0) is 52.5. The summed E-state index contributed by atoms with van der Waals surface area (Å²) in [6.45, 7) is 20.2. The van der Waals surface area contributed by atoms with Crippen molar-refractivity contribution in [2.75, 3.05) is 42.0 Å². The summed E-state index contributed by atoms with van der Waals surface area (Å²) in [6.07, 6.45) is -1.35. The van der Waals surface area contributed by atoms with Crippen LogP contribution in [-0.4, -0.2) is 160 Å². The van der Waals surface area contributed by atoms with Crippen molar-refractivity contribution >= 4 is 41.6 Å². The third-order valence-electron chi connectivity index (χ3n) is 11.8. The number of hydrogen-bond acceptors (Lipinski definition) is 15. The Hall–Kier alpha value is -4.93. The lowest BCUT2D eigenvalue weighted by Gasteiger charge is -2.67.